The molecule has 1 amide bonds. The third-order valence-electron chi connectivity index (χ3n) is 6.33. The number of fused-ring (bicyclic) bond motifs is 1. The van der Waals surface area contributed by atoms with E-state index in [4.69, 9.17) is 0 Å². The first kappa shape index (κ1) is 19.3. The summed E-state index contributed by atoms with van der Waals surface area (Å²) in [7, 11) is 0. The van der Waals surface area contributed by atoms with E-state index in [2.05, 4.69) is 52.5 Å². The monoisotopic (exact) mass is 417 g/mol. The van der Waals surface area contributed by atoms with Gasteiger partial charge in [0.15, 0.2) is 5.50 Å². The van der Waals surface area contributed by atoms with Gasteiger partial charge in [0.1, 0.15) is 0 Å². The highest BCUT2D eigenvalue weighted by Crippen LogP contribution is 2.42. The Morgan fingerprint density at radius 1 is 1.07 bits per heavy atom. The number of nitrogens with one attached hydrogen (secondary N) is 2. The van der Waals surface area contributed by atoms with Gasteiger partial charge in [-0.3, -0.25) is 4.79 Å². The lowest BCUT2D eigenvalue weighted by molar-refractivity contribution is -0.129. The minimum absolute atomic E-state index is 0.0816. The maximum absolute atomic E-state index is 13.6. The summed E-state index contributed by atoms with van der Waals surface area (Å²) in [5.74, 6) is 0.674. The van der Waals surface area contributed by atoms with Gasteiger partial charge in [-0.1, -0.05) is 67.9 Å². The second kappa shape index (κ2) is 8.23. The molecule has 2 aromatic carbocycles. The van der Waals surface area contributed by atoms with Gasteiger partial charge in [0, 0.05) is 34.4 Å². The number of anilines is 1. The molecule has 3 atom stereocenters. The number of hydrogen-bond donors (Lipinski definition) is 2. The Hall–Kier alpha value is -2.66. The minimum atomic E-state index is -0.0816. The highest BCUT2D eigenvalue weighted by atomic mass is 32.2. The maximum atomic E-state index is 13.6. The average molecular weight is 418 g/mol. The van der Waals surface area contributed by atoms with Gasteiger partial charge in [0.05, 0.1) is 4.91 Å². The van der Waals surface area contributed by atoms with Crippen LogP contribution in [0.2, 0.25) is 0 Å². The third-order valence-corrected chi connectivity index (χ3v) is 7.45. The molecule has 1 unspecified atom stereocenters. The summed E-state index contributed by atoms with van der Waals surface area (Å²) in [6, 6.07) is 18.7. The van der Waals surface area contributed by atoms with E-state index in [0.717, 1.165) is 33.5 Å². The molecule has 2 fully saturated rings. The third kappa shape index (κ3) is 3.63. The maximum Gasteiger partial charge on any atom is 0.262 e. The lowest BCUT2D eigenvalue weighted by Crippen LogP contribution is -2.48. The zero-order valence-corrected chi connectivity index (χ0v) is 18.0. The summed E-state index contributed by atoms with van der Waals surface area (Å²) in [5.41, 5.74) is 3.13. The summed E-state index contributed by atoms with van der Waals surface area (Å²) < 4.78 is 0. The summed E-state index contributed by atoms with van der Waals surface area (Å²) in [5, 5.41) is 4.75. The van der Waals surface area contributed by atoms with Crippen LogP contribution < -0.4 is 5.32 Å². The molecule has 4 nitrogen and oxygen atoms in total. The van der Waals surface area contributed by atoms with Crippen molar-refractivity contribution in [3.63, 3.8) is 0 Å². The predicted octanol–water partition coefficient (Wildman–Crippen LogP) is 6.06. The molecule has 5 heteroatoms. The van der Waals surface area contributed by atoms with Gasteiger partial charge >= 0.3 is 0 Å². The van der Waals surface area contributed by atoms with E-state index in [-0.39, 0.29) is 17.4 Å². The van der Waals surface area contributed by atoms with Gasteiger partial charge in [0.2, 0.25) is 0 Å². The van der Waals surface area contributed by atoms with Crippen molar-refractivity contribution in [3.8, 4) is 0 Å². The van der Waals surface area contributed by atoms with E-state index in [1.165, 1.54) is 19.3 Å². The molecule has 30 heavy (non-hydrogen) atoms. The fraction of sp³-hybridized carbons (Fsp3) is 0.320. The molecule has 154 valence electrons. The molecular weight excluding hydrogens is 390 g/mol. The Bertz CT molecular complexity index is 1070. The number of thioether (sulfide) groups is 1. The standard InChI is InChI=1S/C25H27N3OS/c1-17-9-5-8-14-22(17)28-24(29)23(30-25(28)27-19-10-3-2-4-11-19)15-18-16-26-21-13-7-6-12-20(18)21/h2-4,6-7,10-13,15-17,22,25-27H,5,8-9,14H2,1H3/b23-15-/t17-,22+,25?/m0/s1. The van der Waals surface area contributed by atoms with Crippen LogP contribution in [0.1, 0.15) is 38.2 Å². The van der Waals surface area contributed by atoms with Crippen molar-refractivity contribution >= 4 is 40.3 Å². The van der Waals surface area contributed by atoms with Gasteiger partial charge in [-0.05, 0) is 43.0 Å². The Morgan fingerprint density at radius 3 is 2.67 bits per heavy atom. The van der Waals surface area contributed by atoms with Gasteiger partial charge < -0.3 is 15.2 Å². The van der Waals surface area contributed by atoms with Crippen molar-refractivity contribution in [3.05, 3.63) is 71.3 Å². The number of rotatable bonds is 4. The molecule has 2 aliphatic rings. The molecule has 2 N–H and O–H groups in total. The molecule has 2 heterocycles. The Kier molecular flexibility index (Phi) is 5.30. The highest BCUT2D eigenvalue weighted by Gasteiger charge is 2.42. The van der Waals surface area contributed by atoms with Gasteiger partial charge in [-0.15, -0.1) is 0 Å². The second-order valence-electron chi connectivity index (χ2n) is 8.32. The molecule has 0 radical (unpaired) electrons. The number of aromatic nitrogens is 1. The van der Waals surface area contributed by atoms with Crippen LogP contribution in [0.4, 0.5) is 5.69 Å². The zero-order chi connectivity index (χ0) is 20.5. The topological polar surface area (TPSA) is 48.1 Å². The predicted molar refractivity (Wildman–Crippen MR) is 126 cm³/mol. The number of hydrogen-bond acceptors (Lipinski definition) is 3. The Balaban J connectivity index is 1.49. The summed E-state index contributed by atoms with van der Waals surface area (Å²) in [6.45, 7) is 2.29. The second-order valence-corrected chi connectivity index (χ2v) is 9.44. The first-order valence-corrected chi connectivity index (χ1v) is 11.7. The number of H-pyrrole nitrogens is 1. The van der Waals surface area contributed by atoms with Crippen molar-refractivity contribution in [1.29, 1.82) is 0 Å². The highest BCUT2D eigenvalue weighted by molar-refractivity contribution is 8.05. The van der Waals surface area contributed by atoms with Crippen LogP contribution in [-0.4, -0.2) is 27.3 Å². The van der Waals surface area contributed by atoms with E-state index in [1.807, 2.05) is 36.5 Å². The van der Waals surface area contributed by atoms with Crippen molar-refractivity contribution in [2.45, 2.75) is 44.1 Å². The largest absolute Gasteiger partial charge is 0.361 e. The van der Waals surface area contributed by atoms with Crippen LogP contribution >= 0.6 is 11.8 Å². The smallest absolute Gasteiger partial charge is 0.262 e. The molecule has 1 aliphatic heterocycles. The summed E-state index contributed by atoms with van der Waals surface area (Å²) in [6.07, 6.45) is 8.79. The molecule has 3 aromatic rings. The fourth-order valence-corrected chi connectivity index (χ4v) is 5.92. The number of carbonyl (C=O) groups excluding carboxylic acids is 1. The molecular formula is C25H27N3OS. The molecule has 1 aromatic heterocycles. The molecule has 1 saturated heterocycles. The number of aromatic amines is 1. The van der Waals surface area contributed by atoms with E-state index in [9.17, 15) is 4.79 Å². The fourth-order valence-electron chi connectivity index (χ4n) is 4.72. The minimum Gasteiger partial charge on any atom is -0.361 e. The van der Waals surface area contributed by atoms with Gasteiger partial charge in [-0.25, -0.2) is 0 Å². The number of amides is 1. The number of carbonyl (C=O) groups is 1. The van der Waals surface area contributed by atoms with E-state index in [0.29, 0.717) is 5.92 Å². The molecule has 1 saturated carbocycles. The van der Waals surface area contributed by atoms with E-state index in [1.54, 1.807) is 11.8 Å². The summed E-state index contributed by atoms with van der Waals surface area (Å²) in [4.78, 5) is 19.8. The van der Waals surface area contributed by atoms with Gasteiger partial charge in [0.25, 0.3) is 5.91 Å². The first-order valence-electron chi connectivity index (χ1n) is 10.8. The molecule has 0 spiro atoms. The zero-order valence-electron chi connectivity index (χ0n) is 17.2. The average Bonchev–Trinajstić information content (AvgIpc) is 3.31. The van der Waals surface area contributed by atoms with Crippen LogP contribution in [0.15, 0.2) is 65.7 Å². The number of para-hydroxylation sites is 2. The first-order chi connectivity index (χ1) is 14.7. The van der Waals surface area contributed by atoms with Gasteiger partial charge in [-0.2, -0.15) is 0 Å². The lowest BCUT2D eigenvalue weighted by atomic mass is 9.85. The SMILES string of the molecule is C[C@H]1CCCC[C@H]1N1C(=O)/C(=C/c2c[nH]c3ccccc23)SC1Nc1ccccc1. The normalized spacial score (nSPS) is 25.9. The molecule has 1 aliphatic carbocycles. The van der Waals surface area contributed by atoms with Crippen molar-refractivity contribution in [1.82, 2.24) is 9.88 Å². The van der Waals surface area contributed by atoms with Crippen molar-refractivity contribution in [2.75, 3.05) is 5.32 Å². The van der Waals surface area contributed by atoms with Crippen molar-refractivity contribution in [2.24, 2.45) is 5.92 Å². The summed E-state index contributed by atoms with van der Waals surface area (Å²) >= 11 is 1.64. The van der Waals surface area contributed by atoms with Crippen molar-refractivity contribution < 1.29 is 4.79 Å². The lowest BCUT2D eigenvalue weighted by Gasteiger charge is -2.39. The molecule has 5 rings (SSSR count). The number of nitrogens with zero attached hydrogens (tertiary/aromatic N) is 1. The van der Waals surface area contributed by atoms with Crippen LogP contribution in [0.3, 0.4) is 0 Å². The quantitative estimate of drug-likeness (QED) is 0.507. The molecule has 0 bridgehead atoms. The Morgan fingerprint density at radius 2 is 1.83 bits per heavy atom. The Labute approximate surface area is 181 Å². The van der Waals surface area contributed by atoms with Crippen LogP contribution in [0.25, 0.3) is 17.0 Å². The van der Waals surface area contributed by atoms with Crippen LogP contribution in [-0.2, 0) is 4.79 Å². The van der Waals surface area contributed by atoms with Crippen LogP contribution in [0, 0.1) is 5.92 Å². The van der Waals surface area contributed by atoms with E-state index >= 15 is 0 Å². The van der Waals surface area contributed by atoms with Crippen LogP contribution in [0.5, 0.6) is 0 Å². The van der Waals surface area contributed by atoms with E-state index < -0.39 is 0 Å². The number of benzene rings is 2.